The van der Waals surface area contributed by atoms with Gasteiger partial charge in [-0.05, 0) is 38.1 Å². The Morgan fingerprint density at radius 3 is 2.46 bits per heavy atom. The van der Waals surface area contributed by atoms with Crippen molar-refractivity contribution in [1.29, 1.82) is 0 Å². The highest BCUT2D eigenvalue weighted by Gasteiger charge is 2.28. The van der Waals surface area contributed by atoms with Gasteiger partial charge in [-0.1, -0.05) is 0 Å². The first-order valence-electron chi connectivity index (χ1n) is 9.04. The summed E-state index contributed by atoms with van der Waals surface area (Å²) in [7, 11) is 0. The van der Waals surface area contributed by atoms with Gasteiger partial charge in [0.2, 0.25) is 0 Å². The number of nitro groups is 1. The molecule has 1 saturated heterocycles. The lowest BCUT2D eigenvalue weighted by molar-refractivity contribution is -0.384. The zero-order chi connectivity index (χ0) is 20.3. The van der Waals surface area contributed by atoms with Crippen LogP contribution in [-0.4, -0.2) is 53.9 Å². The molecule has 2 amide bonds. The van der Waals surface area contributed by atoms with Crippen molar-refractivity contribution in [1.82, 2.24) is 10.2 Å². The number of benzene rings is 1. The van der Waals surface area contributed by atoms with Crippen LogP contribution in [0.3, 0.4) is 0 Å². The van der Waals surface area contributed by atoms with Gasteiger partial charge in [-0.2, -0.15) is 0 Å². The maximum Gasteiger partial charge on any atom is 0.293 e. The number of hydrogen-bond donors (Lipinski definition) is 1. The van der Waals surface area contributed by atoms with E-state index in [-0.39, 0.29) is 34.9 Å². The van der Waals surface area contributed by atoms with Crippen LogP contribution in [-0.2, 0) is 0 Å². The van der Waals surface area contributed by atoms with Crippen molar-refractivity contribution in [2.75, 3.05) is 31.1 Å². The van der Waals surface area contributed by atoms with E-state index in [9.17, 15) is 19.7 Å². The van der Waals surface area contributed by atoms with Crippen LogP contribution < -0.4 is 10.2 Å². The fraction of sp³-hybridized carbons (Fsp3) is 0.368. The first-order valence-corrected chi connectivity index (χ1v) is 9.04. The lowest BCUT2D eigenvalue weighted by atomic mass is 10.1. The molecule has 0 saturated carbocycles. The van der Waals surface area contributed by atoms with Gasteiger partial charge in [0.1, 0.15) is 5.69 Å². The molecule has 1 fully saturated rings. The van der Waals surface area contributed by atoms with Gasteiger partial charge in [0.15, 0.2) is 5.76 Å². The molecular formula is C19H22N4O5. The van der Waals surface area contributed by atoms with Gasteiger partial charge in [0, 0.05) is 43.9 Å². The molecule has 1 aromatic heterocycles. The van der Waals surface area contributed by atoms with Crippen molar-refractivity contribution in [3.8, 4) is 0 Å². The minimum Gasteiger partial charge on any atom is -0.459 e. The second-order valence-electron chi connectivity index (χ2n) is 6.85. The van der Waals surface area contributed by atoms with Gasteiger partial charge >= 0.3 is 0 Å². The van der Waals surface area contributed by atoms with Crippen LogP contribution in [0.2, 0.25) is 0 Å². The molecule has 0 atom stereocenters. The maximum atomic E-state index is 12.3. The van der Waals surface area contributed by atoms with Crippen molar-refractivity contribution < 1.29 is 18.9 Å². The Morgan fingerprint density at radius 2 is 1.89 bits per heavy atom. The molecular weight excluding hydrogens is 364 g/mol. The molecule has 0 aliphatic carbocycles. The van der Waals surface area contributed by atoms with Crippen LogP contribution in [0.25, 0.3) is 0 Å². The number of nitro benzene ring substituents is 1. The first kappa shape index (κ1) is 19.4. The maximum absolute atomic E-state index is 12.3. The molecule has 1 N–H and O–H groups in total. The number of nitrogens with zero attached hydrogens (tertiary/aromatic N) is 3. The number of anilines is 1. The van der Waals surface area contributed by atoms with E-state index in [1.54, 1.807) is 29.2 Å². The molecule has 1 aromatic carbocycles. The van der Waals surface area contributed by atoms with Crippen molar-refractivity contribution >= 4 is 23.2 Å². The summed E-state index contributed by atoms with van der Waals surface area (Å²) >= 11 is 0. The van der Waals surface area contributed by atoms with Crippen molar-refractivity contribution in [3.05, 3.63) is 58.0 Å². The molecule has 0 radical (unpaired) electrons. The van der Waals surface area contributed by atoms with Gasteiger partial charge < -0.3 is 19.5 Å². The van der Waals surface area contributed by atoms with Crippen LogP contribution >= 0.6 is 0 Å². The monoisotopic (exact) mass is 386 g/mol. The van der Waals surface area contributed by atoms with Gasteiger partial charge in [0.05, 0.1) is 11.2 Å². The Balaban J connectivity index is 1.74. The summed E-state index contributed by atoms with van der Waals surface area (Å²) in [6.07, 6.45) is 1.45. The van der Waals surface area contributed by atoms with E-state index in [1.807, 2.05) is 18.7 Å². The van der Waals surface area contributed by atoms with Crippen LogP contribution in [0.5, 0.6) is 0 Å². The minimum atomic E-state index is -0.484. The van der Waals surface area contributed by atoms with Crippen molar-refractivity contribution in [3.63, 3.8) is 0 Å². The van der Waals surface area contributed by atoms with Gasteiger partial charge in [0.25, 0.3) is 17.5 Å². The van der Waals surface area contributed by atoms with E-state index in [1.165, 1.54) is 12.3 Å². The van der Waals surface area contributed by atoms with Crippen molar-refractivity contribution in [2.45, 2.75) is 19.9 Å². The molecule has 2 heterocycles. The summed E-state index contributed by atoms with van der Waals surface area (Å²) in [5, 5.41) is 14.3. The van der Waals surface area contributed by atoms with Gasteiger partial charge in [-0.25, -0.2) is 0 Å². The number of carbonyl (C=O) groups excluding carboxylic acids is 2. The summed E-state index contributed by atoms with van der Waals surface area (Å²) in [6, 6.07) is 7.68. The van der Waals surface area contributed by atoms with Gasteiger partial charge in [-0.15, -0.1) is 0 Å². The molecule has 0 spiro atoms. The molecule has 148 valence electrons. The fourth-order valence-electron chi connectivity index (χ4n) is 3.13. The Labute approximate surface area is 162 Å². The highest BCUT2D eigenvalue weighted by atomic mass is 16.6. The smallest absolute Gasteiger partial charge is 0.293 e. The summed E-state index contributed by atoms with van der Waals surface area (Å²) in [5.41, 5.74) is 0.564. The number of amides is 2. The van der Waals surface area contributed by atoms with Gasteiger partial charge in [-0.3, -0.25) is 19.7 Å². The predicted octanol–water partition coefficient (Wildman–Crippen LogP) is 2.29. The number of rotatable bonds is 5. The third kappa shape index (κ3) is 4.13. The van der Waals surface area contributed by atoms with E-state index in [2.05, 4.69) is 5.32 Å². The number of piperazine rings is 1. The average molecular weight is 386 g/mol. The molecule has 1 aliphatic heterocycles. The molecule has 0 bridgehead atoms. The number of carbonyl (C=O) groups is 2. The second kappa shape index (κ2) is 8.12. The fourth-order valence-corrected chi connectivity index (χ4v) is 3.13. The molecule has 28 heavy (non-hydrogen) atoms. The lowest BCUT2D eigenvalue weighted by Gasteiger charge is -2.35. The average Bonchev–Trinajstić information content (AvgIpc) is 3.21. The molecule has 1 aliphatic rings. The van der Waals surface area contributed by atoms with E-state index in [0.29, 0.717) is 31.9 Å². The topological polar surface area (TPSA) is 109 Å². The zero-order valence-electron chi connectivity index (χ0n) is 15.8. The van der Waals surface area contributed by atoms with Crippen LogP contribution in [0.15, 0.2) is 41.0 Å². The normalized spacial score (nSPS) is 14.2. The van der Waals surface area contributed by atoms with Crippen LogP contribution in [0, 0.1) is 10.1 Å². The van der Waals surface area contributed by atoms with Crippen molar-refractivity contribution in [2.24, 2.45) is 0 Å². The first-order chi connectivity index (χ1) is 13.4. The van der Waals surface area contributed by atoms with Crippen LogP contribution in [0.4, 0.5) is 11.4 Å². The predicted molar refractivity (Wildman–Crippen MR) is 103 cm³/mol. The van der Waals surface area contributed by atoms with E-state index >= 15 is 0 Å². The summed E-state index contributed by atoms with van der Waals surface area (Å²) in [5.74, 6) is -0.265. The summed E-state index contributed by atoms with van der Waals surface area (Å²) in [6.45, 7) is 5.39. The number of hydrogen-bond acceptors (Lipinski definition) is 6. The number of furan rings is 1. The van der Waals surface area contributed by atoms with Crippen LogP contribution in [0.1, 0.15) is 34.8 Å². The molecule has 3 rings (SSSR count). The summed E-state index contributed by atoms with van der Waals surface area (Å²) < 4.78 is 5.14. The highest BCUT2D eigenvalue weighted by molar-refractivity contribution is 5.96. The molecule has 9 nitrogen and oxygen atoms in total. The quantitative estimate of drug-likeness (QED) is 0.624. The van der Waals surface area contributed by atoms with E-state index in [4.69, 9.17) is 4.42 Å². The standard InChI is InChI=1S/C19H22N4O5/c1-13(2)20-18(24)14-5-6-15(16(12-14)23(26)27)21-7-9-22(10-8-21)19(25)17-4-3-11-28-17/h3-6,11-13H,7-10H2,1-2H3,(H,20,24). The Morgan fingerprint density at radius 1 is 1.18 bits per heavy atom. The third-order valence-corrected chi connectivity index (χ3v) is 4.49. The largest absolute Gasteiger partial charge is 0.459 e. The summed E-state index contributed by atoms with van der Waals surface area (Å²) in [4.78, 5) is 39.1. The zero-order valence-corrected chi connectivity index (χ0v) is 15.8. The Bertz CT molecular complexity index is 870. The second-order valence-corrected chi connectivity index (χ2v) is 6.85. The highest BCUT2D eigenvalue weighted by Crippen LogP contribution is 2.30. The molecule has 0 unspecified atom stereocenters. The molecule has 2 aromatic rings. The third-order valence-electron chi connectivity index (χ3n) is 4.49. The number of nitrogens with one attached hydrogen (secondary N) is 1. The minimum absolute atomic E-state index is 0.0639. The SMILES string of the molecule is CC(C)NC(=O)c1ccc(N2CCN(C(=O)c3ccco3)CC2)c([N+](=O)[O-])c1. The Kier molecular flexibility index (Phi) is 5.62. The van der Waals surface area contributed by atoms with E-state index in [0.717, 1.165) is 0 Å². The Hall–Kier alpha value is -3.36. The van der Waals surface area contributed by atoms with E-state index < -0.39 is 4.92 Å². The lowest BCUT2D eigenvalue weighted by Crippen LogP contribution is -2.48. The molecule has 9 heteroatoms.